The second-order valence-electron chi connectivity index (χ2n) is 14.0. The molecule has 0 aliphatic heterocycles. The Labute approximate surface area is 326 Å². The van der Waals surface area contributed by atoms with Gasteiger partial charge in [-0.1, -0.05) is 206 Å². The van der Waals surface area contributed by atoms with Gasteiger partial charge in [0.05, 0.1) is 0 Å². The molecule has 0 saturated heterocycles. The maximum Gasteiger partial charge on any atom is 0.164 e. The first kappa shape index (κ1) is 33.1. The molecule has 0 bridgehead atoms. The summed E-state index contributed by atoms with van der Waals surface area (Å²) >= 11 is 0. The first-order valence-corrected chi connectivity index (χ1v) is 18.9. The van der Waals surface area contributed by atoms with Crippen molar-refractivity contribution in [3.05, 3.63) is 212 Å². The second-order valence-corrected chi connectivity index (χ2v) is 14.0. The van der Waals surface area contributed by atoms with Crippen LogP contribution in [0, 0.1) is 0 Å². The highest BCUT2D eigenvalue weighted by Gasteiger charge is 2.18. The Morgan fingerprint density at radius 3 is 0.911 bits per heavy atom. The van der Waals surface area contributed by atoms with Gasteiger partial charge in [0.2, 0.25) is 0 Å². The van der Waals surface area contributed by atoms with Gasteiger partial charge in [0.25, 0.3) is 0 Å². The molecule has 3 heteroatoms. The van der Waals surface area contributed by atoms with Gasteiger partial charge in [-0.15, -0.1) is 0 Å². The summed E-state index contributed by atoms with van der Waals surface area (Å²) in [6.45, 7) is 0. The predicted octanol–water partition coefficient (Wildman–Crippen LogP) is 13.8. The van der Waals surface area contributed by atoms with Crippen LogP contribution in [0.15, 0.2) is 212 Å². The molecule has 0 aliphatic carbocycles. The topological polar surface area (TPSA) is 38.7 Å². The van der Waals surface area contributed by atoms with E-state index < -0.39 is 0 Å². The van der Waals surface area contributed by atoms with Crippen LogP contribution < -0.4 is 0 Å². The first-order valence-electron chi connectivity index (χ1n) is 18.9. The van der Waals surface area contributed by atoms with E-state index in [1.807, 2.05) is 12.1 Å². The minimum absolute atomic E-state index is 0.626. The van der Waals surface area contributed by atoms with Crippen molar-refractivity contribution in [3.63, 3.8) is 0 Å². The second kappa shape index (κ2) is 14.4. The minimum atomic E-state index is 0.626. The van der Waals surface area contributed by atoms with Crippen molar-refractivity contribution in [1.29, 1.82) is 0 Å². The van der Waals surface area contributed by atoms with E-state index in [1.54, 1.807) is 0 Å². The van der Waals surface area contributed by atoms with E-state index in [1.165, 1.54) is 49.4 Å². The fourth-order valence-electron chi connectivity index (χ4n) is 7.82. The summed E-state index contributed by atoms with van der Waals surface area (Å²) in [6.07, 6.45) is 0. The van der Waals surface area contributed by atoms with Gasteiger partial charge in [-0.3, -0.25) is 0 Å². The molecule has 56 heavy (non-hydrogen) atoms. The van der Waals surface area contributed by atoms with E-state index in [-0.39, 0.29) is 0 Å². The third kappa shape index (κ3) is 6.21. The third-order valence-electron chi connectivity index (χ3n) is 10.5. The Bertz CT molecular complexity index is 2820. The van der Waals surface area contributed by atoms with Crippen molar-refractivity contribution in [2.75, 3.05) is 0 Å². The Hall–Kier alpha value is -7.49. The lowest BCUT2D eigenvalue weighted by Crippen LogP contribution is -2.00. The quantitative estimate of drug-likeness (QED) is 0.154. The summed E-state index contributed by atoms with van der Waals surface area (Å²) in [7, 11) is 0. The van der Waals surface area contributed by atoms with Gasteiger partial charge in [-0.05, 0) is 72.1 Å². The third-order valence-corrected chi connectivity index (χ3v) is 10.5. The van der Waals surface area contributed by atoms with Crippen LogP contribution in [0.2, 0.25) is 0 Å². The molecule has 0 atom stereocenters. The number of fused-ring (bicyclic) bond motifs is 2. The molecule has 0 aliphatic rings. The number of benzene rings is 9. The molecule has 3 nitrogen and oxygen atoms in total. The van der Waals surface area contributed by atoms with Gasteiger partial charge in [0.15, 0.2) is 17.5 Å². The summed E-state index contributed by atoms with van der Waals surface area (Å²) in [5.41, 5.74) is 12.2. The highest BCUT2D eigenvalue weighted by atomic mass is 15.0. The van der Waals surface area contributed by atoms with Crippen molar-refractivity contribution in [2.24, 2.45) is 0 Å². The normalized spacial score (nSPS) is 11.2. The molecule has 10 rings (SSSR count). The maximum atomic E-state index is 5.16. The van der Waals surface area contributed by atoms with Gasteiger partial charge in [-0.25, -0.2) is 15.0 Å². The van der Waals surface area contributed by atoms with Crippen LogP contribution >= 0.6 is 0 Å². The summed E-state index contributed by atoms with van der Waals surface area (Å²) in [4.78, 5) is 15.4. The van der Waals surface area contributed by atoms with Crippen LogP contribution in [0.5, 0.6) is 0 Å². The molecular weight excluding hydrogens is 679 g/mol. The summed E-state index contributed by atoms with van der Waals surface area (Å²) in [5.74, 6) is 1.89. The van der Waals surface area contributed by atoms with Crippen molar-refractivity contribution in [3.8, 4) is 78.7 Å². The SMILES string of the molecule is c1ccc(-c2ccc(-c3nc(-c4ccc(-c5ccccc5)cc4)nc(-c4cccc(-c5c6ccccc6c(-c6ccccc6)c6ccccc56)c4)n3)cc2)cc1. The Kier molecular flexibility index (Phi) is 8.51. The average Bonchev–Trinajstić information content (AvgIpc) is 3.29. The lowest BCUT2D eigenvalue weighted by molar-refractivity contribution is 1.07. The van der Waals surface area contributed by atoms with Crippen LogP contribution in [0.3, 0.4) is 0 Å². The fraction of sp³-hybridized carbons (Fsp3) is 0. The molecule has 0 spiro atoms. The predicted molar refractivity (Wildman–Crippen MR) is 233 cm³/mol. The van der Waals surface area contributed by atoms with Gasteiger partial charge < -0.3 is 0 Å². The number of hydrogen-bond acceptors (Lipinski definition) is 3. The zero-order valence-electron chi connectivity index (χ0n) is 30.5. The number of nitrogens with zero attached hydrogens (tertiary/aromatic N) is 3. The van der Waals surface area contributed by atoms with Crippen LogP contribution in [0.4, 0.5) is 0 Å². The van der Waals surface area contributed by atoms with Gasteiger partial charge in [0.1, 0.15) is 0 Å². The average molecular weight is 714 g/mol. The molecule has 0 fully saturated rings. The highest BCUT2D eigenvalue weighted by Crippen LogP contribution is 2.44. The number of aromatic nitrogens is 3. The zero-order chi connectivity index (χ0) is 37.3. The van der Waals surface area contributed by atoms with Crippen molar-refractivity contribution in [2.45, 2.75) is 0 Å². The lowest BCUT2D eigenvalue weighted by Gasteiger charge is -2.18. The van der Waals surface area contributed by atoms with E-state index in [9.17, 15) is 0 Å². The smallest absolute Gasteiger partial charge is 0.164 e. The molecule has 0 N–H and O–H groups in total. The Morgan fingerprint density at radius 1 is 0.196 bits per heavy atom. The van der Waals surface area contributed by atoms with E-state index in [4.69, 9.17) is 15.0 Å². The van der Waals surface area contributed by atoms with Crippen LogP contribution in [0.25, 0.3) is 100 Å². The molecule has 0 saturated carbocycles. The first-order chi connectivity index (χ1) is 27.8. The van der Waals surface area contributed by atoms with E-state index >= 15 is 0 Å². The Morgan fingerprint density at radius 2 is 0.482 bits per heavy atom. The monoisotopic (exact) mass is 713 g/mol. The fourth-order valence-corrected chi connectivity index (χ4v) is 7.82. The van der Waals surface area contributed by atoms with Crippen LogP contribution in [-0.4, -0.2) is 15.0 Å². The lowest BCUT2D eigenvalue weighted by atomic mass is 9.86. The number of hydrogen-bond donors (Lipinski definition) is 0. The summed E-state index contributed by atoms with van der Waals surface area (Å²) < 4.78 is 0. The van der Waals surface area contributed by atoms with E-state index in [2.05, 4.69) is 200 Å². The molecule has 1 aromatic heterocycles. The van der Waals surface area contributed by atoms with Gasteiger partial charge >= 0.3 is 0 Å². The van der Waals surface area contributed by atoms with Gasteiger partial charge in [0, 0.05) is 16.7 Å². The largest absolute Gasteiger partial charge is 0.208 e. The molecule has 0 radical (unpaired) electrons. The highest BCUT2D eigenvalue weighted by molar-refractivity contribution is 6.21. The molecule has 9 aromatic carbocycles. The van der Waals surface area contributed by atoms with Crippen molar-refractivity contribution < 1.29 is 0 Å². The van der Waals surface area contributed by atoms with Gasteiger partial charge in [-0.2, -0.15) is 0 Å². The minimum Gasteiger partial charge on any atom is -0.208 e. The van der Waals surface area contributed by atoms with Crippen molar-refractivity contribution >= 4 is 21.5 Å². The summed E-state index contributed by atoms with van der Waals surface area (Å²) in [5, 5.41) is 4.85. The van der Waals surface area contributed by atoms with Crippen LogP contribution in [0.1, 0.15) is 0 Å². The molecule has 1 heterocycles. The standard InChI is InChI=1S/C53H35N3/c1-4-15-36(16-5-1)38-27-31-41(32-28-38)51-54-52(42-33-29-39(30-34-42)37-17-6-2-7-18-37)56-53(55-51)44-22-14-21-43(35-44)50-47-25-12-10-23-45(47)49(40-19-8-3-9-20-40)46-24-11-13-26-48(46)50/h1-35H. The maximum absolute atomic E-state index is 5.16. The van der Waals surface area contributed by atoms with E-state index in [0.717, 1.165) is 33.4 Å². The molecule has 262 valence electrons. The Balaban J connectivity index is 1.13. The van der Waals surface area contributed by atoms with Crippen LogP contribution in [-0.2, 0) is 0 Å². The van der Waals surface area contributed by atoms with Crippen molar-refractivity contribution in [1.82, 2.24) is 15.0 Å². The molecule has 0 unspecified atom stereocenters. The molecular formula is C53H35N3. The molecule has 10 aromatic rings. The molecule has 0 amide bonds. The number of rotatable bonds is 7. The van der Waals surface area contributed by atoms with E-state index in [0.29, 0.717) is 17.5 Å². The zero-order valence-corrected chi connectivity index (χ0v) is 30.5. The summed E-state index contributed by atoms with van der Waals surface area (Å²) in [6, 6.07) is 74.7.